The molecule has 1 unspecified atom stereocenters. The second-order valence-electron chi connectivity index (χ2n) is 4.38. The van der Waals surface area contributed by atoms with E-state index in [9.17, 15) is 4.79 Å². The van der Waals surface area contributed by atoms with Crippen molar-refractivity contribution in [3.05, 3.63) is 0 Å². The lowest BCUT2D eigenvalue weighted by Gasteiger charge is -2.28. The number of carbonyl (C=O) groups is 1. The van der Waals surface area contributed by atoms with Crippen LogP contribution in [-0.2, 0) is 4.79 Å². The first-order valence-corrected chi connectivity index (χ1v) is 5.16. The quantitative estimate of drug-likeness (QED) is 0.664. The molecule has 0 radical (unpaired) electrons. The van der Waals surface area contributed by atoms with E-state index in [4.69, 9.17) is 5.73 Å². The van der Waals surface area contributed by atoms with Gasteiger partial charge in [0, 0.05) is 19.6 Å². The fourth-order valence-corrected chi connectivity index (χ4v) is 1.71. The van der Waals surface area contributed by atoms with E-state index in [0.717, 1.165) is 0 Å². The molecule has 0 aromatic heterocycles. The molecule has 14 heavy (non-hydrogen) atoms. The summed E-state index contributed by atoms with van der Waals surface area (Å²) in [6, 6.07) is 0.252. The van der Waals surface area contributed by atoms with Crippen molar-refractivity contribution in [1.82, 2.24) is 9.80 Å². The first kappa shape index (κ1) is 11.5. The Morgan fingerprint density at radius 3 is 2.36 bits per heavy atom. The van der Waals surface area contributed by atoms with Crippen LogP contribution in [-0.4, -0.2) is 56.0 Å². The topological polar surface area (TPSA) is 49.6 Å². The molecule has 1 aliphatic carbocycles. The van der Waals surface area contributed by atoms with Crippen molar-refractivity contribution in [3.63, 3.8) is 0 Å². The highest BCUT2D eigenvalue weighted by Gasteiger charge is 2.34. The van der Waals surface area contributed by atoms with Crippen molar-refractivity contribution in [2.75, 3.05) is 34.2 Å². The molecule has 82 valence electrons. The third-order valence-electron chi connectivity index (χ3n) is 2.75. The highest BCUT2D eigenvalue weighted by molar-refractivity contribution is 5.78. The average molecular weight is 199 g/mol. The lowest BCUT2D eigenvalue weighted by molar-refractivity contribution is -0.132. The van der Waals surface area contributed by atoms with E-state index in [1.807, 2.05) is 30.9 Å². The summed E-state index contributed by atoms with van der Waals surface area (Å²) in [5, 5.41) is 0. The number of likely N-dealkylation sites (N-methyl/N-ethyl adjacent to an activating group) is 2. The molecule has 0 aromatic carbocycles. The molecule has 1 fully saturated rings. The normalized spacial score (nSPS) is 18.4. The smallest absolute Gasteiger partial charge is 0.236 e. The molecular weight excluding hydrogens is 178 g/mol. The predicted molar refractivity (Wildman–Crippen MR) is 56.9 cm³/mol. The zero-order valence-electron chi connectivity index (χ0n) is 9.36. The molecular formula is C10H21N3O. The fourth-order valence-electron chi connectivity index (χ4n) is 1.71. The van der Waals surface area contributed by atoms with Gasteiger partial charge < -0.3 is 15.5 Å². The summed E-state index contributed by atoms with van der Waals surface area (Å²) in [4.78, 5) is 15.4. The van der Waals surface area contributed by atoms with Gasteiger partial charge in [-0.2, -0.15) is 0 Å². The van der Waals surface area contributed by atoms with E-state index in [-0.39, 0.29) is 11.9 Å². The minimum Gasteiger partial charge on any atom is -0.340 e. The van der Waals surface area contributed by atoms with E-state index in [1.165, 1.54) is 12.8 Å². The number of nitrogens with two attached hydrogens (primary N) is 1. The minimum atomic E-state index is 0.164. The van der Waals surface area contributed by atoms with Gasteiger partial charge in [0.1, 0.15) is 0 Å². The maximum Gasteiger partial charge on any atom is 0.236 e. The Hall–Kier alpha value is -0.610. The minimum absolute atomic E-state index is 0.164. The SMILES string of the molecule is CN(C)CC(=O)N(C)C(CN)C1CC1. The molecule has 0 saturated heterocycles. The third-order valence-corrected chi connectivity index (χ3v) is 2.75. The molecule has 0 heterocycles. The summed E-state index contributed by atoms with van der Waals surface area (Å²) >= 11 is 0. The van der Waals surface area contributed by atoms with Gasteiger partial charge in [-0.05, 0) is 32.9 Å². The van der Waals surface area contributed by atoms with Crippen LogP contribution >= 0.6 is 0 Å². The van der Waals surface area contributed by atoms with Crippen molar-refractivity contribution >= 4 is 5.91 Å². The number of rotatable bonds is 5. The molecule has 0 aromatic rings. The molecule has 0 spiro atoms. The van der Waals surface area contributed by atoms with Crippen LogP contribution in [0.4, 0.5) is 0 Å². The van der Waals surface area contributed by atoms with Crippen molar-refractivity contribution in [2.45, 2.75) is 18.9 Å². The second kappa shape index (κ2) is 4.75. The maximum absolute atomic E-state index is 11.7. The van der Waals surface area contributed by atoms with E-state index in [2.05, 4.69) is 0 Å². The van der Waals surface area contributed by atoms with E-state index in [0.29, 0.717) is 19.0 Å². The number of nitrogens with zero attached hydrogens (tertiary/aromatic N) is 2. The zero-order valence-corrected chi connectivity index (χ0v) is 9.36. The molecule has 1 saturated carbocycles. The molecule has 1 aliphatic rings. The summed E-state index contributed by atoms with van der Waals surface area (Å²) in [7, 11) is 5.67. The third kappa shape index (κ3) is 2.96. The Bertz CT molecular complexity index is 202. The Labute approximate surface area is 86.0 Å². The molecule has 1 atom stereocenters. The average Bonchev–Trinajstić information content (AvgIpc) is 2.88. The Morgan fingerprint density at radius 1 is 1.43 bits per heavy atom. The van der Waals surface area contributed by atoms with Crippen LogP contribution < -0.4 is 5.73 Å². The highest BCUT2D eigenvalue weighted by atomic mass is 16.2. The Kier molecular flexibility index (Phi) is 3.89. The van der Waals surface area contributed by atoms with Crippen LogP contribution in [0.1, 0.15) is 12.8 Å². The number of amides is 1. The van der Waals surface area contributed by atoms with Gasteiger partial charge in [-0.15, -0.1) is 0 Å². The van der Waals surface area contributed by atoms with Crippen molar-refractivity contribution in [3.8, 4) is 0 Å². The standard InChI is InChI=1S/C10H21N3O/c1-12(2)7-10(14)13(3)9(6-11)8-4-5-8/h8-9H,4-7,11H2,1-3H3. The van der Waals surface area contributed by atoms with E-state index >= 15 is 0 Å². The molecule has 0 bridgehead atoms. The molecule has 4 heteroatoms. The first-order chi connectivity index (χ1) is 6.56. The van der Waals surface area contributed by atoms with Gasteiger partial charge >= 0.3 is 0 Å². The summed E-state index contributed by atoms with van der Waals surface area (Å²) in [6.45, 7) is 1.06. The Balaban J connectivity index is 2.44. The summed E-state index contributed by atoms with van der Waals surface area (Å²) < 4.78 is 0. The maximum atomic E-state index is 11.7. The number of carbonyl (C=O) groups excluding carboxylic acids is 1. The highest BCUT2D eigenvalue weighted by Crippen LogP contribution is 2.34. The van der Waals surface area contributed by atoms with Crippen LogP contribution in [0.2, 0.25) is 0 Å². The monoisotopic (exact) mass is 199 g/mol. The fraction of sp³-hybridized carbons (Fsp3) is 0.900. The van der Waals surface area contributed by atoms with Crippen molar-refractivity contribution in [2.24, 2.45) is 11.7 Å². The van der Waals surface area contributed by atoms with Crippen LogP contribution in [0, 0.1) is 5.92 Å². The molecule has 0 aliphatic heterocycles. The summed E-state index contributed by atoms with van der Waals surface area (Å²) in [6.07, 6.45) is 2.45. The molecule has 4 nitrogen and oxygen atoms in total. The van der Waals surface area contributed by atoms with Gasteiger partial charge in [-0.1, -0.05) is 0 Å². The molecule has 1 rings (SSSR count). The number of hydrogen-bond donors (Lipinski definition) is 1. The van der Waals surface area contributed by atoms with Gasteiger partial charge in [-0.3, -0.25) is 4.79 Å². The summed E-state index contributed by atoms with van der Waals surface area (Å²) in [5.74, 6) is 0.813. The van der Waals surface area contributed by atoms with E-state index in [1.54, 1.807) is 0 Å². The molecule has 2 N–H and O–H groups in total. The van der Waals surface area contributed by atoms with Crippen LogP contribution in [0.25, 0.3) is 0 Å². The van der Waals surface area contributed by atoms with Gasteiger partial charge in [0.2, 0.25) is 5.91 Å². The van der Waals surface area contributed by atoms with Crippen molar-refractivity contribution < 1.29 is 4.79 Å². The predicted octanol–water partition coefficient (Wildman–Crippen LogP) is -0.256. The van der Waals surface area contributed by atoms with E-state index < -0.39 is 0 Å². The van der Waals surface area contributed by atoms with Crippen LogP contribution in [0.3, 0.4) is 0 Å². The lowest BCUT2D eigenvalue weighted by atomic mass is 10.1. The second-order valence-corrected chi connectivity index (χ2v) is 4.38. The van der Waals surface area contributed by atoms with Crippen molar-refractivity contribution in [1.29, 1.82) is 0 Å². The van der Waals surface area contributed by atoms with Crippen LogP contribution in [0.5, 0.6) is 0 Å². The van der Waals surface area contributed by atoms with Gasteiger partial charge in [-0.25, -0.2) is 0 Å². The number of hydrogen-bond acceptors (Lipinski definition) is 3. The summed E-state index contributed by atoms with van der Waals surface area (Å²) in [5.41, 5.74) is 5.68. The van der Waals surface area contributed by atoms with Gasteiger partial charge in [0.25, 0.3) is 0 Å². The van der Waals surface area contributed by atoms with Gasteiger partial charge in [0.05, 0.1) is 6.54 Å². The van der Waals surface area contributed by atoms with Crippen LogP contribution in [0.15, 0.2) is 0 Å². The molecule has 1 amide bonds. The largest absolute Gasteiger partial charge is 0.340 e. The Morgan fingerprint density at radius 2 is 2.00 bits per heavy atom. The first-order valence-electron chi connectivity index (χ1n) is 5.16. The lowest BCUT2D eigenvalue weighted by Crippen LogP contribution is -2.46. The van der Waals surface area contributed by atoms with Gasteiger partial charge in [0.15, 0.2) is 0 Å². The zero-order chi connectivity index (χ0) is 10.7.